The third-order valence-electron chi connectivity index (χ3n) is 8.68. The highest BCUT2D eigenvalue weighted by Crippen LogP contribution is 2.66. The normalized spacial score (nSPS) is 50.3. The van der Waals surface area contributed by atoms with Gasteiger partial charge >= 0.3 is 5.97 Å². The first-order chi connectivity index (χ1) is 12.3. The van der Waals surface area contributed by atoms with Gasteiger partial charge in [-0.25, -0.2) is 0 Å². The zero-order valence-electron chi connectivity index (χ0n) is 16.4. The summed E-state index contributed by atoms with van der Waals surface area (Å²) in [6.45, 7) is 6.31. The van der Waals surface area contributed by atoms with E-state index < -0.39 is 0 Å². The largest absolute Gasteiger partial charge is 0.462 e. The Labute approximate surface area is 157 Å². The highest BCUT2D eigenvalue weighted by atomic mass is 16.5. The van der Waals surface area contributed by atoms with Crippen LogP contribution in [0.25, 0.3) is 0 Å². The summed E-state index contributed by atoms with van der Waals surface area (Å²) < 4.78 is 5.77. The number of carbonyl (C=O) groups excluding carboxylic acids is 1. The molecule has 0 amide bonds. The summed E-state index contributed by atoms with van der Waals surface area (Å²) in [5.41, 5.74) is 1.68. The van der Waals surface area contributed by atoms with Crippen LogP contribution >= 0.6 is 0 Å². The van der Waals surface area contributed by atoms with Crippen molar-refractivity contribution >= 4 is 5.97 Å². The van der Waals surface area contributed by atoms with Gasteiger partial charge in [0.15, 0.2) is 0 Å². The number of aliphatic hydroxyl groups is 2. The second-order valence-electron chi connectivity index (χ2n) is 9.91. The fourth-order valence-electron chi connectivity index (χ4n) is 7.35. The second kappa shape index (κ2) is 6.34. The lowest BCUT2D eigenvalue weighted by molar-refractivity contribution is -0.160. The fourth-order valence-corrected chi connectivity index (χ4v) is 7.35. The average molecular weight is 363 g/mol. The summed E-state index contributed by atoms with van der Waals surface area (Å²) >= 11 is 0. The molecule has 4 nitrogen and oxygen atoms in total. The van der Waals surface area contributed by atoms with Gasteiger partial charge in [0.1, 0.15) is 6.10 Å². The van der Waals surface area contributed by atoms with Crippen molar-refractivity contribution in [1.29, 1.82) is 0 Å². The zero-order chi connectivity index (χ0) is 18.7. The molecule has 0 aromatic rings. The van der Waals surface area contributed by atoms with E-state index in [1.165, 1.54) is 12.5 Å². The molecule has 0 spiro atoms. The molecule has 0 aliphatic heterocycles. The SMILES string of the molecule is CC(=O)O[C@@H]1[C@@H](CO)C[C@H]2[C@@H]3CC=C4C[C@@H](O)CC[C@]4(C)[C@H]3CC[C@]12C. The van der Waals surface area contributed by atoms with Gasteiger partial charge in [-0.3, -0.25) is 4.79 Å². The predicted octanol–water partition coefficient (Wildman–Crippen LogP) is 3.46. The van der Waals surface area contributed by atoms with Crippen molar-refractivity contribution in [2.24, 2.45) is 34.5 Å². The Bertz CT molecular complexity index is 613. The molecule has 26 heavy (non-hydrogen) atoms. The molecule has 0 unspecified atom stereocenters. The van der Waals surface area contributed by atoms with E-state index in [1.807, 2.05) is 0 Å². The van der Waals surface area contributed by atoms with E-state index in [0.29, 0.717) is 17.8 Å². The van der Waals surface area contributed by atoms with Gasteiger partial charge in [-0.2, -0.15) is 0 Å². The average Bonchev–Trinajstić information content (AvgIpc) is 2.87. The van der Waals surface area contributed by atoms with Crippen molar-refractivity contribution in [1.82, 2.24) is 0 Å². The van der Waals surface area contributed by atoms with Crippen LogP contribution in [-0.2, 0) is 9.53 Å². The Morgan fingerprint density at radius 2 is 2.04 bits per heavy atom. The fraction of sp³-hybridized carbons (Fsp3) is 0.864. The van der Waals surface area contributed by atoms with E-state index in [2.05, 4.69) is 19.9 Å². The molecule has 2 N–H and O–H groups in total. The molecule has 0 heterocycles. The van der Waals surface area contributed by atoms with Crippen molar-refractivity contribution in [3.63, 3.8) is 0 Å². The molecule has 4 aliphatic rings. The number of carbonyl (C=O) groups is 1. The van der Waals surface area contributed by atoms with E-state index in [-0.39, 0.29) is 41.5 Å². The molecule has 4 heteroatoms. The van der Waals surface area contributed by atoms with Crippen molar-refractivity contribution in [3.8, 4) is 0 Å². The number of ether oxygens (including phenoxy) is 1. The summed E-state index contributed by atoms with van der Waals surface area (Å²) in [7, 11) is 0. The Morgan fingerprint density at radius 1 is 1.27 bits per heavy atom. The topological polar surface area (TPSA) is 66.8 Å². The van der Waals surface area contributed by atoms with E-state index in [4.69, 9.17) is 4.74 Å². The lowest BCUT2D eigenvalue weighted by Gasteiger charge is -2.57. The van der Waals surface area contributed by atoms with Gasteiger partial charge in [0.2, 0.25) is 0 Å². The maximum atomic E-state index is 11.7. The summed E-state index contributed by atoms with van der Waals surface area (Å²) in [4.78, 5) is 11.7. The Balaban J connectivity index is 1.65. The van der Waals surface area contributed by atoms with Crippen molar-refractivity contribution in [2.45, 2.75) is 77.9 Å². The first-order valence-corrected chi connectivity index (χ1v) is 10.4. The lowest BCUT2D eigenvalue weighted by atomic mass is 9.48. The minimum Gasteiger partial charge on any atom is -0.462 e. The summed E-state index contributed by atoms with van der Waals surface area (Å²) in [6, 6.07) is 0. The number of aliphatic hydroxyl groups excluding tert-OH is 2. The number of rotatable bonds is 2. The number of fused-ring (bicyclic) bond motifs is 5. The molecular formula is C22H34O4. The first-order valence-electron chi connectivity index (χ1n) is 10.4. The van der Waals surface area contributed by atoms with Crippen LogP contribution in [0.5, 0.6) is 0 Å². The molecule has 4 aliphatic carbocycles. The third kappa shape index (κ3) is 2.59. The number of hydrogen-bond donors (Lipinski definition) is 2. The van der Waals surface area contributed by atoms with Crippen LogP contribution in [0.1, 0.15) is 65.7 Å². The van der Waals surface area contributed by atoms with Crippen LogP contribution in [-0.4, -0.2) is 35.0 Å². The molecule has 4 rings (SSSR count). The van der Waals surface area contributed by atoms with Gasteiger partial charge < -0.3 is 14.9 Å². The maximum Gasteiger partial charge on any atom is 0.302 e. The van der Waals surface area contributed by atoms with Crippen LogP contribution in [0.2, 0.25) is 0 Å². The monoisotopic (exact) mass is 362 g/mol. The molecule has 3 fully saturated rings. The minimum atomic E-state index is -0.225. The van der Waals surface area contributed by atoms with Crippen molar-refractivity contribution in [3.05, 3.63) is 11.6 Å². The number of esters is 1. The molecule has 0 saturated heterocycles. The van der Waals surface area contributed by atoms with Gasteiger partial charge in [-0.15, -0.1) is 0 Å². The smallest absolute Gasteiger partial charge is 0.302 e. The van der Waals surface area contributed by atoms with Gasteiger partial charge in [-0.1, -0.05) is 25.5 Å². The molecular weight excluding hydrogens is 328 g/mol. The molecule has 0 aromatic heterocycles. The zero-order valence-corrected chi connectivity index (χ0v) is 16.4. The van der Waals surface area contributed by atoms with E-state index in [0.717, 1.165) is 44.9 Å². The van der Waals surface area contributed by atoms with E-state index in [9.17, 15) is 15.0 Å². The van der Waals surface area contributed by atoms with Gasteiger partial charge in [0.05, 0.1) is 6.10 Å². The van der Waals surface area contributed by atoms with Gasteiger partial charge in [0.25, 0.3) is 0 Å². The molecule has 8 atom stereocenters. The van der Waals surface area contributed by atoms with Crippen molar-refractivity contribution < 1.29 is 19.7 Å². The quantitative estimate of drug-likeness (QED) is 0.583. The predicted molar refractivity (Wildman–Crippen MR) is 99.2 cm³/mol. The highest BCUT2D eigenvalue weighted by Gasteiger charge is 2.62. The molecule has 0 bridgehead atoms. The van der Waals surface area contributed by atoms with Crippen LogP contribution in [0.3, 0.4) is 0 Å². The molecule has 3 saturated carbocycles. The van der Waals surface area contributed by atoms with Crippen molar-refractivity contribution in [2.75, 3.05) is 6.61 Å². The van der Waals surface area contributed by atoms with Crippen LogP contribution in [0.15, 0.2) is 11.6 Å². The van der Waals surface area contributed by atoms with Gasteiger partial charge in [-0.05, 0) is 68.1 Å². The Kier molecular flexibility index (Phi) is 4.51. The minimum absolute atomic E-state index is 0.0177. The summed E-state index contributed by atoms with van der Waals surface area (Å²) in [5.74, 6) is 1.61. The Morgan fingerprint density at radius 3 is 2.73 bits per heavy atom. The maximum absolute atomic E-state index is 11.7. The lowest BCUT2D eigenvalue weighted by Crippen LogP contribution is -2.51. The Hall–Kier alpha value is -0.870. The molecule has 146 valence electrons. The summed E-state index contributed by atoms with van der Waals surface area (Å²) in [5, 5.41) is 20.1. The molecule has 0 aromatic carbocycles. The van der Waals surface area contributed by atoms with Gasteiger partial charge in [0, 0.05) is 24.9 Å². The number of allylic oxidation sites excluding steroid dienone is 1. The highest BCUT2D eigenvalue weighted by molar-refractivity contribution is 5.66. The summed E-state index contributed by atoms with van der Waals surface area (Å²) in [6.07, 6.45) is 9.22. The van der Waals surface area contributed by atoms with Crippen LogP contribution in [0, 0.1) is 34.5 Å². The molecule has 0 radical (unpaired) electrons. The second-order valence-corrected chi connectivity index (χ2v) is 9.91. The first kappa shape index (κ1) is 18.5. The van der Waals surface area contributed by atoms with E-state index in [1.54, 1.807) is 0 Å². The van der Waals surface area contributed by atoms with Crippen LogP contribution in [0.4, 0.5) is 0 Å². The number of hydrogen-bond acceptors (Lipinski definition) is 4. The standard InChI is InChI=1S/C22H34O4/c1-13(24)26-20-14(12-23)10-19-17-5-4-15-11-16(25)6-8-21(15,2)18(17)7-9-22(19,20)3/h4,14,16-20,23,25H,5-12H2,1-3H3/t14-,16+,17-,18+,19+,20-,21+,22+/m1/s1. The van der Waals surface area contributed by atoms with E-state index >= 15 is 0 Å². The third-order valence-corrected chi connectivity index (χ3v) is 8.68. The van der Waals surface area contributed by atoms with Crippen LogP contribution < -0.4 is 0 Å².